The molecular formula is C11H19N3O. The van der Waals surface area contributed by atoms with Crippen LogP contribution >= 0.6 is 0 Å². The van der Waals surface area contributed by atoms with Crippen molar-refractivity contribution < 1.29 is 4.74 Å². The molecule has 1 aliphatic rings. The van der Waals surface area contributed by atoms with E-state index in [-0.39, 0.29) is 0 Å². The molecule has 1 aromatic heterocycles. The Labute approximate surface area is 90.6 Å². The summed E-state index contributed by atoms with van der Waals surface area (Å²) in [4.78, 5) is 0. The Morgan fingerprint density at radius 3 is 2.53 bits per heavy atom. The van der Waals surface area contributed by atoms with Gasteiger partial charge in [-0.2, -0.15) is 5.10 Å². The van der Waals surface area contributed by atoms with Crippen molar-refractivity contribution in [3.8, 4) is 5.75 Å². The number of nitrogens with zero attached hydrogens (tertiary/aromatic N) is 2. The van der Waals surface area contributed by atoms with Crippen LogP contribution in [0.1, 0.15) is 24.2 Å². The predicted octanol–water partition coefficient (Wildman–Crippen LogP) is 1.17. The summed E-state index contributed by atoms with van der Waals surface area (Å²) in [5, 5.41) is 7.59. The Morgan fingerprint density at radius 2 is 2.07 bits per heavy atom. The van der Waals surface area contributed by atoms with E-state index in [0.717, 1.165) is 30.0 Å². The first-order valence-electron chi connectivity index (χ1n) is 5.46. The molecule has 1 aliphatic carbocycles. The van der Waals surface area contributed by atoms with Crippen molar-refractivity contribution in [2.24, 2.45) is 7.05 Å². The molecular weight excluding hydrogens is 190 g/mol. The van der Waals surface area contributed by atoms with E-state index in [1.165, 1.54) is 0 Å². The molecule has 1 aromatic rings. The van der Waals surface area contributed by atoms with Gasteiger partial charge in [0, 0.05) is 13.1 Å². The highest BCUT2D eigenvalue weighted by Gasteiger charge is 2.30. The number of aryl methyl sites for hydroxylation is 2. The van der Waals surface area contributed by atoms with E-state index in [2.05, 4.69) is 10.4 Å². The Balaban J connectivity index is 2.00. The van der Waals surface area contributed by atoms with Gasteiger partial charge in [-0.15, -0.1) is 0 Å². The quantitative estimate of drug-likeness (QED) is 0.812. The second kappa shape index (κ2) is 3.85. The van der Waals surface area contributed by atoms with Gasteiger partial charge in [0.25, 0.3) is 0 Å². The van der Waals surface area contributed by atoms with E-state index in [1.54, 1.807) is 0 Å². The van der Waals surface area contributed by atoms with E-state index in [0.29, 0.717) is 12.1 Å². The van der Waals surface area contributed by atoms with Gasteiger partial charge < -0.3 is 10.1 Å². The molecule has 0 spiro atoms. The second-order valence-corrected chi connectivity index (χ2v) is 4.32. The lowest BCUT2D eigenvalue weighted by molar-refractivity contribution is 0.0870. The molecule has 84 valence electrons. The molecule has 15 heavy (non-hydrogen) atoms. The standard InChI is InChI=1S/C11H19N3O/c1-7-11(8(2)14(4)13-7)15-10-5-9(6-10)12-3/h9-10,12H,5-6H2,1-4H3. The van der Waals surface area contributed by atoms with Crippen molar-refractivity contribution >= 4 is 0 Å². The molecule has 0 radical (unpaired) electrons. The summed E-state index contributed by atoms with van der Waals surface area (Å²) in [5.74, 6) is 0.969. The minimum Gasteiger partial charge on any atom is -0.486 e. The Kier molecular flexibility index (Phi) is 2.69. The topological polar surface area (TPSA) is 39.1 Å². The van der Waals surface area contributed by atoms with Gasteiger partial charge in [-0.3, -0.25) is 4.68 Å². The van der Waals surface area contributed by atoms with E-state index < -0.39 is 0 Å². The fourth-order valence-corrected chi connectivity index (χ4v) is 1.99. The Hall–Kier alpha value is -1.03. The number of rotatable bonds is 3. The first kappa shape index (κ1) is 10.5. The van der Waals surface area contributed by atoms with E-state index in [1.807, 2.05) is 32.6 Å². The minimum atomic E-state index is 0.365. The van der Waals surface area contributed by atoms with Gasteiger partial charge in [-0.25, -0.2) is 0 Å². The molecule has 0 unspecified atom stereocenters. The maximum Gasteiger partial charge on any atom is 0.163 e. The highest BCUT2D eigenvalue weighted by atomic mass is 16.5. The fourth-order valence-electron chi connectivity index (χ4n) is 1.99. The van der Waals surface area contributed by atoms with Crippen LogP contribution in [0.25, 0.3) is 0 Å². The first-order chi connectivity index (χ1) is 7.11. The van der Waals surface area contributed by atoms with Crippen molar-refractivity contribution in [1.82, 2.24) is 15.1 Å². The SMILES string of the molecule is CNC1CC(Oc2c(C)nn(C)c2C)C1. The molecule has 0 amide bonds. The zero-order chi connectivity index (χ0) is 11.0. The average Bonchev–Trinajstić information content (AvgIpc) is 2.36. The molecule has 0 aromatic carbocycles. The van der Waals surface area contributed by atoms with Gasteiger partial charge in [0.15, 0.2) is 5.75 Å². The first-order valence-corrected chi connectivity index (χ1v) is 5.46. The largest absolute Gasteiger partial charge is 0.486 e. The maximum atomic E-state index is 5.94. The van der Waals surface area contributed by atoms with Crippen LogP contribution in [0.15, 0.2) is 0 Å². The van der Waals surface area contributed by atoms with E-state index in [9.17, 15) is 0 Å². The lowest BCUT2D eigenvalue weighted by Gasteiger charge is -2.35. The minimum absolute atomic E-state index is 0.365. The molecule has 1 saturated carbocycles. The summed E-state index contributed by atoms with van der Waals surface area (Å²) < 4.78 is 7.82. The van der Waals surface area contributed by atoms with Crippen molar-refractivity contribution in [3.05, 3.63) is 11.4 Å². The molecule has 0 aliphatic heterocycles. The Bertz CT molecular complexity index is 353. The summed E-state index contributed by atoms with van der Waals surface area (Å²) in [5.41, 5.74) is 2.10. The van der Waals surface area contributed by atoms with E-state index >= 15 is 0 Å². The van der Waals surface area contributed by atoms with Gasteiger partial charge in [0.2, 0.25) is 0 Å². The van der Waals surface area contributed by atoms with Crippen LogP contribution in [0.2, 0.25) is 0 Å². The monoisotopic (exact) mass is 209 g/mol. The summed E-state index contributed by atoms with van der Waals surface area (Å²) in [6.07, 6.45) is 2.57. The van der Waals surface area contributed by atoms with Crippen molar-refractivity contribution in [3.63, 3.8) is 0 Å². The average molecular weight is 209 g/mol. The van der Waals surface area contributed by atoms with Gasteiger partial charge in [-0.1, -0.05) is 0 Å². The molecule has 4 heteroatoms. The van der Waals surface area contributed by atoms with Gasteiger partial charge in [-0.05, 0) is 33.7 Å². The third kappa shape index (κ3) is 1.86. The predicted molar refractivity (Wildman–Crippen MR) is 59.2 cm³/mol. The molecule has 1 N–H and O–H groups in total. The molecule has 0 bridgehead atoms. The third-order valence-corrected chi connectivity index (χ3v) is 3.23. The van der Waals surface area contributed by atoms with Crippen LogP contribution in [0, 0.1) is 13.8 Å². The normalized spacial score (nSPS) is 25.1. The van der Waals surface area contributed by atoms with Crippen LogP contribution < -0.4 is 10.1 Å². The molecule has 1 fully saturated rings. The number of hydrogen-bond donors (Lipinski definition) is 1. The van der Waals surface area contributed by atoms with Gasteiger partial charge in [0.1, 0.15) is 11.8 Å². The Morgan fingerprint density at radius 1 is 1.40 bits per heavy atom. The van der Waals surface area contributed by atoms with Gasteiger partial charge >= 0.3 is 0 Å². The van der Waals surface area contributed by atoms with Crippen LogP contribution in [0.4, 0.5) is 0 Å². The van der Waals surface area contributed by atoms with Crippen molar-refractivity contribution in [1.29, 1.82) is 0 Å². The highest BCUT2D eigenvalue weighted by Crippen LogP contribution is 2.29. The van der Waals surface area contributed by atoms with Gasteiger partial charge in [0.05, 0.1) is 5.69 Å². The van der Waals surface area contributed by atoms with Crippen LogP contribution in [-0.4, -0.2) is 29.0 Å². The fraction of sp³-hybridized carbons (Fsp3) is 0.727. The lowest BCUT2D eigenvalue weighted by Crippen LogP contribution is -2.45. The molecule has 0 saturated heterocycles. The number of hydrogen-bond acceptors (Lipinski definition) is 3. The molecule has 0 atom stereocenters. The van der Waals surface area contributed by atoms with Crippen LogP contribution in [0.3, 0.4) is 0 Å². The smallest absolute Gasteiger partial charge is 0.163 e. The summed E-state index contributed by atoms with van der Waals surface area (Å²) in [6, 6.07) is 0.632. The van der Waals surface area contributed by atoms with Crippen molar-refractivity contribution in [2.45, 2.75) is 38.8 Å². The second-order valence-electron chi connectivity index (χ2n) is 4.32. The van der Waals surface area contributed by atoms with Crippen molar-refractivity contribution in [2.75, 3.05) is 7.05 Å². The molecule has 4 nitrogen and oxygen atoms in total. The van der Waals surface area contributed by atoms with Crippen LogP contribution in [0.5, 0.6) is 5.75 Å². The number of aromatic nitrogens is 2. The third-order valence-electron chi connectivity index (χ3n) is 3.23. The summed E-state index contributed by atoms with van der Waals surface area (Å²) >= 11 is 0. The lowest BCUT2D eigenvalue weighted by atomic mass is 9.89. The summed E-state index contributed by atoms with van der Waals surface area (Å²) in [7, 11) is 3.95. The zero-order valence-corrected chi connectivity index (χ0v) is 9.87. The van der Waals surface area contributed by atoms with E-state index in [4.69, 9.17) is 4.74 Å². The molecule has 2 rings (SSSR count). The molecule has 1 heterocycles. The van der Waals surface area contributed by atoms with Crippen LogP contribution in [-0.2, 0) is 7.05 Å². The maximum absolute atomic E-state index is 5.94. The summed E-state index contributed by atoms with van der Waals surface area (Å²) in [6.45, 7) is 4.04. The number of nitrogens with one attached hydrogen (secondary N) is 1. The number of ether oxygens (including phenoxy) is 1. The zero-order valence-electron chi connectivity index (χ0n) is 9.87. The highest BCUT2D eigenvalue weighted by molar-refractivity contribution is 5.32.